The molecule has 1 N–H and O–H groups in total. The Hall–Kier alpha value is 7.82. The number of rotatable bonds is 0. The van der Waals surface area contributed by atoms with E-state index in [0.717, 1.165) is 133 Å². The molecular formula is C77H121N16O3Rb9S2. The maximum absolute atomic E-state index is 5.16. The van der Waals surface area contributed by atoms with Gasteiger partial charge in [-0.25, -0.2) is 32.6 Å². The molecule has 0 unspecified atom stereocenters. The maximum Gasteiger partial charge on any atom is 1.00 e. The number of hydrogen-bond acceptors (Lipinski definition) is 15. The van der Waals surface area contributed by atoms with Gasteiger partial charge in [0.1, 0.15) is 17.4 Å². The second-order valence-corrected chi connectivity index (χ2v) is 25.5. The van der Waals surface area contributed by atoms with Crippen molar-refractivity contribution in [1.29, 1.82) is 0 Å². The Labute approximate surface area is 1100 Å². The maximum atomic E-state index is 5.16. The van der Waals surface area contributed by atoms with Gasteiger partial charge in [0, 0.05) is 36.8 Å². The fourth-order valence-corrected chi connectivity index (χ4v) is 9.05. The molecule has 0 saturated heterocycles. The number of pyridine rings is 1. The minimum atomic E-state index is 0. The quantitative estimate of drug-likeness (QED) is 0.139. The number of aromatic nitrogens is 16. The third kappa shape index (κ3) is 66.0. The molecule has 11 aromatic heterocycles. The molecule has 19 nitrogen and oxygen atoms in total. The number of nitrogens with zero attached hydrogens (tertiary/aromatic N) is 15. The first-order valence-electron chi connectivity index (χ1n) is 30.9. The van der Waals surface area contributed by atoms with E-state index in [9.17, 15) is 0 Å². The number of aromatic amines is 1. The normalized spacial score (nSPS) is 9.21. The summed E-state index contributed by atoms with van der Waals surface area (Å²) in [6, 6.07) is 12.5. The number of ether oxygens (including phenoxy) is 1. The minimum Gasteiger partial charge on any atom is -0.665 e. The molecule has 0 saturated carbocycles. The van der Waals surface area contributed by atoms with Crippen LogP contribution in [0.2, 0.25) is 0 Å². The van der Waals surface area contributed by atoms with E-state index in [1.54, 1.807) is 16.0 Å². The molecule has 107 heavy (non-hydrogen) atoms. The van der Waals surface area contributed by atoms with Crippen LogP contribution in [0, 0.1) is 239 Å². The summed E-state index contributed by atoms with van der Waals surface area (Å²) >= 11 is 3.57. The zero-order valence-electron chi connectivity index (χ0n) is 72.8. The number of nitrogens with one attached hydrogen (secondary N) is 1. The van der Waals surface area contributed by atoms with E-state index >= 15 is 0 Å². The summed E-state index contributed by atoms with van der Waals surface area (Å²) in [6.07, 6.45) is 7.85. The Morgan fingerprint density at radius 1 is 0.523 bits per heavy atom. The van der Waals surface area contributed by atoms with Gasteiger partial charge in [0.05, 0.1) is 16.4 Å². The van der Waals surface area contributed by atoms with Crippen LogP contribution in [0.3, 0.4) is 0 Å². The van der Waals surface area contributed by atoms with Crippen LogP contribution in [0.1, 0.15) is 198 Å². The van der Waals surface area contributed by atoms with Gasteiger partial charge in [-0.15, -0.1) is 39.2 Å². The van der Waals surface area contributed by atoms with Gasteiger partial charge < -0.3 is 65.9 Å². The van der Waals surface area contributed by atoms with Crippen molar-refractivity contribution < 1.29 is 537 Å². The smallest absolute Gasteiger partial charge is 0.665 e. The van der Waals surface area contributed by atoms with E-state index in [1.807, 2.05) is 202 Å². The summed E-state index contributed by atoms with van der Waals surface area (Å²) in [5, 5.41) is 22.3. The number of oxazole rings is 1. The topological polar surface area (TPSA) is 232 Å². The van der Waals surface area contributed by atoms with Crippen molar-refractivity contribution in [2.75, 3.05) is 6.61 Å². The molecule has 0 spiro atoms. The number of furan rings is 1. The van der Waals surface area contributed by atoms with Crippen molar-refractivity contribution in [2.45, 2.75) is 237 Å². The monoisotopic (exact) mass is 2150 g/mol. The number of imidazole rings is 2. The van der Waals surface area contributed by atoms with Gasteiger partial charge in [-0.2, -0.15) is 39.6 Å². The van der Waals surface area contributed by atoms with E-state index in [4.69, 9.17) is 13.6 Å². The Balaban J connectivity index is -0.0000000810. The van der Waals surface area contributed by atoms with Crippen LogP contribution in [0.5, 0.6) is 0 Å². The number of H-pyrrole nitrogens is 1. The van der Waals surface area contributed by atoms with Crippen LogP contribution in [0.15, 0.2) is 38.4 Å². The molecule has 548 valence electrons. The molecule has 0 fully saturated rings. The molecule has 0 amide bonds. The molecule has 1 aliphatic rings. The molecule has 0 aliphatic carbocycles. The van der Waals surface area contributed by atoms with Gasteiger partial charge >= 0.3 is 524 Å². The number of thiophene rings is 1. The molecule has 11 aromatic rings. The van der Waals surface area contributed by atoms with Crippen LogP contribution in [-0.4, -0.2) is 71.4 Å². The first-order valence-corrected chi connectivity index (χ1v) is 32.6. The fraction of sp³-hybridized carbons (Fsp3) is 0.481. The summed E-state index contributed by atoms with van der Waals surface area (Å²) in [5.41, 5.74) is 20.0. The van der Waals surface area contributed by atoms with Gasteiger partial charge in [0.2, 0.25) is 0 Å². The van der Waals surface area contributed by atoms with E-state index < -0.39 is 0 Å². The van der Waals surface area contributed by atoms with Crippen molar-refractivity contribution in [3.8, 4) is 0 Å². The van der Waals surface area contributed by atoms with Crippen LogP contribution < -0.4 is 539 Å². The molecule has 30 heteroatoms. The number of aryl methyl sites for hydroxylation is 31. The Morgan fingerprint density at radius 3 is 1.23 bits per heavy atom. The average molecular weight is 2150 g/mol. The second kappa shape index (κ2) is 79.7. The Bertz CT molecular complexity index is 3250. The number of thiazole rings is 1. The van der Waals surface area contributed by atoms with E-state index in [2.05, 4.69) is 162 Å². The SMILES string of the molecule is C.C.C.CC1=C(C)OC[CH-]1.Cc1[c-]c(C)c(C)o1.Cc1[c-]c(C)c(C)s1.Cc1[c-]n(C)c(C)n1.Cc1[c-]n[nH]c1C.Cc1cc(C)c(C)[n-]1.Cc1ccc(C)c(C)n1.Cc1nc(C)c(C)[n-]1.Cc1nc(C)c(C)o1.Cc1nc(C)c(C)s1.Cc1nc(C)n(C)n1.Cc1nn[n-]c1C.[CH3-].[Rb+].[Rb+].[Rb+].[Rb+].[Rb+].[Rb+].[Rb+].[Rb+].[Rb+]. The molecule has 12 rings (SSSR count). The van der Waals surface area contributed by atoms with Crippen molar-refractivity contribution in [3.63, 3.8) is 0 Å². The van der Waals surface area contributed by atoms with Crippen LogP contribution in [-0.2, 0) is 18.8 Å². The minimum absolute atomic E-state index is 0. The first kappa shape index (κ1) is 143. The fourth-order valence-electron chi connectivity index (χ4n) is 7.36. The average Bonchev–Trinajstić information content (AvgIpc) is 1.40. The third-order valence-electron chi connectivity index (χ3n) is 14.1. The molecule has 1 aliphatic heterocycles. The summed E-state index contributed by atoms with van der Waals surface area (Å²) in [4.78, 5) is 37.2. The molecule has 0 atom stereocenters. The van der Waals surface area contributed by atoms with Crippen LogP contribution in [0.4, 0.5) is 0 Å². The largest absolute Gasteiger partial charge is 1.00 e. The predicted octanol–water partition coefficient (Wildman–Crippen LogP) is -8.26. The van der Waals surface area contributed by atoms with Gasteiger partial charge in [-0.1, -0.05) is 162 Å². The van der Waals surface area contributed by atoms with Crippen molar-refractivity contribution in [1.82, 2.24) is 79.8 Å². The van der Waals surface area contributed by atoms with Crippen molar-refractivity contribution >= 4 is 22.7 Å². The Morgan fingerprint density at radius 2 is 1.09 bits per heavy atom. The van der Waals surface area contributed by atoms with Gasteiger partial charge in [0.25, 0.3) is 0 Å². The molecule has 0 bridgehead atoms. The van der Waals surface area contributed by atoms with Gasteiger partial charge in [0.15, 0.2) is 5.89 Å². The Kier molecular flexibility index (Phi) is 107. The van der Waals surface area contributed by atoms with E-state index in [0.29, 0.717) is 0 Å². The molecule has 0 aromatic carbocycles. The predicted molar refractivity (Wildman–Crippen MR) is 409 cm³/mol. The van der Waals surface area contributed by atoms with Crippen molar-refractivity contribution in [2.24, 2.45) is 14.1 Å². The van der Waals surface area contributed by atoms with Crippen molar-refractivity contribution in [3.05, 3.63) is 230 Å². The van der Waals surface area contributed by atoms with E-state index in [1.165, 1.54) is 47.6 Å². The number of allylic oxidation sites excluding steroid dienone is 1. The third-order valence-corrected chi connectivity index (χ3v) is 16.1. The van der Waals surface area contributed by atoms with E-state index in [-0.39, 0.29) is 553 Å². The standard InChI is InChI=1S/C8H11N.C7H10N.C7H9O.C7H9S.2C6H9N2.C6H9NO.C6H9NS.C6H9O.C5H9N3.C5H7N2.C4H6N3.3CH4.CH3.9Rb/c1-6-4-5-7(2)9-8(6)3;3*1-5-4-6(2)8-7(5)3;1-5-4-8(3)6(2)7-5;3*1-4-5(2)8-6(3)7-4;1-5-3-4-7-6(5)2;1-4-6-5(2)8(3)7-4;1-4-3-6-7-5(4)2;1-3-4(2)6-7-5-3;;;;;;;;;;;;;/h4-5H,1-3H3;4H,1-3H3;6*1-3H3;3H,4H2,1-2H3;1-3H3;1-2H3,(H,6,7);1-2H3;3*1H4;1H3;;;;;;;;;/q;5*-1;;;-1;;2*-1;;;;-1;9*+1. The zero-order valence-corrected chi connectivity index (χ0v) is 119. The van der Waals surface area contributed by atoms with Crippen LogP contribution >= 0.6 is 22.7 Å². The summed E-state index contributed by atoms with van der Waals surface area (Å²) in [5.74, 6) is 8.28. The first-order chi connectivity index (χ1) is 43.7. The van der Waals surface area contributed by atoms with Gasteiger partial charge in [-0.3, -0.25) is 26.2 Å². The van der Waals surface area contributed by atoms with Crippen LogP contribution in [0.25, 0.3) is 0 Å². The second-order valence-electron chi connectivity index (χ2n) is 22.7. The molecule has 0 radical (unpaired) electrons. The summed E-state index contributed by atoms with van der Waals surface area (Å²) in [6.45, 7) is 62.3. The zero-order chi connectivity index (χ0) is 71.9. The molecule has 12 heterocycles. The molecular weight excluding hydrogens is 2030 g/mol. The summed E-state index contributed by atoms with van der Waals surface area (Å²) in [7, 11) is 3.82. The van der Waals surface area contributed by atoms with Gasteiger partial charge in [-0.05, 0) is 162 Å². The number of hydrogen-bond donors (Lipinski definition) is 1. The summed E-state index contributed by atoms with van der Waals surface area (Å²) < 4.78 is 19.0.